The Morgan fingerprint density at radius 2 is 1.62 bits per heavy atom. The first-order valence-electron chi connectivity index (χ1n) is 10.3. The zero-order valence-electron chi connectivity index (χ0n) is 17.3. The van der Waals surface area contributed by atoms with Crippen LogP contribution in [0.4, 0.5) is 13.2 Å². The van der Waals surface area contributed by atoms with E-state index in [4.69, 9.17) is 9.15 Å². The molecule has 168 valence electrons. The third kappa shape index (κ3) is 5.31. The molecule has 0 bridgehead atoms. The SMILES string of the molecule is O=C(c1occc1COc1ccccc1)N1CCN(Cc2ccc(C(F)(F)F)cc2)CC1. The van der Waals surface area contributed by atoms with Crippen LogP contribution >= 0.6 is 0 Å². The lowest BCUT2D eigenvalue weighted by Gasteiger charge is -2.34. The van der Waals surface area contributed by atoms with Crippen molar-refractivity contribution in [1.82, 2.24) is 9.80 Å². The van der Waals surface area contributed by atoms with Crippen molar-refractivity contribution in [3.05, 3.63) is 89.4 Å². The Labute approximate surface area is 184 Å². The fraction of sp³-hybridized carbons (Fsp3) is 0.292. The fourth-order valence-corrected chi connectivity index (χ4v) is 3.62. The number of furan rings is 1. The Balaban J connectivity index is 1.30. The van der Waals surface area contributed by atoms with Gasteiger partial charge in [-0.3, -0.25) is 9.69 Å². The van der Waals surface area contributed by atoms with Gasteiger partial charge in [0.1, 0.15) is 12.4 Å². The molecular formula is C24H23F3N2O3. The van der Waals surface area contributed by atoms with Gasteiger partial charge in [0.25, 0.3) is 5.91 Å². The van der Waals surface area contributed by atoms with Gasteiger partial charge in [-0.1, -0.05) is 30.3 Å². The van der Waals surface area contributed by atoms with Crippen LogP contribution in [0, 0.1) is 0 Å². The molecule has 1 saturated heterocycles. The molecule has 1 aliphatic heterocycles. The number of hydrogen-bond acceptors (Lipinski definition) is 4. The highest BCUT2D eigenvalue weighted by atomic mass is 19.4. The first-order valence-corrected chi connectivity index (χ1v) is 10.3. The highest BCUT2D eigenvalue weighted by Gasteiger charge is 2.30. The van der Waals surface area contributed by atoms with Crippen LogP contribution in [0.3, 0.4) is 0 Å². The third-order valence-corrected chi connectivity index (χ3v) is 5.43. The summed E-state index contributed by atoms with van der Waals surface area (Å²) >= 11 is 0. The zero-order valence-corrected chi connectivity index (χ0v) is 17.3. The average Bonchev–Trinajstić information content (AvgIpc) is 3.27. The van der Waals surface area contributed by atoms with Gasteiger partial charge in [0.05, 0.1) is 11.8 Å². The molecule has 8 heteroatoms. The summed E-state index contributed by atoms with van der Waals surface area (Å²) in [5, 5.41) is 0. The molecule has 4 rings (SSSR count). The number of para-hydroxylation sites is 1. The van der Waals surface area contributed by atoms with Crippen molar-refractivity contribution < 1.29 is 27.1 Å². The standard InChI is InChI=1S/C24H23F3N2O3/c25-24(26,27)20-8-6-18(7-9-20)16-28-11-13-29(14-12-28)23(30)22-19(10-15-31-22)17-32-21-4-2-1-3-5-21/h1-10,15H,11-14,16-17H2. The van der Waals surface area contributed by atoms with Crippen molar-refractivity contribution in [3.8, 4) is 5.75 Å². The van der Waals surface area contributed by atoms with Crippen molar-refractivity contribution in [2.24, 2.45) is 0 Å². The number of ether oxygens (including phenoxy) is 1. The van der Waals surface area contributed by atoms with E-state index in [2.05, 4.69) is 4.90 Å². The van der Waals surface area contributed by atoms with Crippen molar-refractivity contribution in [1.29, 1.82) is 0 Å². The van der Waals surface area contributed by atoms with Crippen LogP contribution in [0.25, 0.3) is 0 Å². The molecule has 0 N–H and O–H groups in total. The molecule has 1 amide bonds. The smallest absolute Gasteiger partial charge is 0.416 e. The first-order chi connectivity index (χ1) is 15.4. The molecule has 0 spiro atoms. The molecule has 0 atom stereocenters. The van der Waals surface area contributed by atoms with Crippen LogP contribution in [-0.4, -0.2) is 41.9 Å². The van der Waals surface area contributed by atoms with Gasteiger partial charge in [0.15, 0.2) is 5.76 Å². The van der Waals surface area contributed by atoms with Crippen LogP contribution in [-0.2, 0) is 19.3 Å². The number of halogens is 3. The molecule has 1 aromatic heterocycles. The molecule has 0 aliphatic carbocycles. The summed E-state index contributed by atoms with van der Waals surface area (Å²) in [4.78, 5) is 16.8. The Morgan fingerprint density at radius 3 is 2.28 bits per heavy atom. The summed E-state index contributed by atoms with van der Waals surface area (Å²) < 4.78 is 49.3. The van der Waals surface area contributed by atoms with E-state index in [1.807, 2.05) is 30.3 Å². The van der Waals surface area contributed by atoms with Crippen LogP contribution < -0.4 is 4.74 Å². The predicted molar refractivity (Wildman–Crippen MR) is 112 cm³/mol. The monoisotopic (exact) mass is 444 g/mol. The highest BCUT2D eigenvalue weighted by Crippen LogP contribution is 2.29. The molecule has 0 radical (unpaired) electrons. The van der Waals surface area contributed by atoms with Gasteiger partial charge in [0.2, 0.25) is 0 Å². The minimum absolute atomic E-state index is 0.184. The topological polar surface area (TPSA) is 45.9 Å². The Kier molecular flexibility index (Phi) is 6.50. The number of piperazine rings is 1. The second-order valence-electron chi connectivity index (χ2n) is 7.64. The van der Waals surface area contributed by atoms with E-state index in [1.54, 1.807) is 11.0 Å². The minimum atomic E-state index is -4.33. The van der Waals surface area contributed by atoms with Crippen LogP contribution in [0.2, 0.25) is 0 Å². The summed E-state index contributed by atoms with van der Waals surface area (Å²) in [6, 6.07) is 16.3. The summed E-state index contributed by atoms with van der Waals surface area (Å²) in [5.74, 6) is 0.803. The molecular weight excluding hydrogens is 421 g/mol. The molecule has 5 nitrogen and oxygen atoms in total. The molecule has 1 aliphatic rings. The van der Waals surface area contributed by atoms with E-state index in [0.717, 1.165) is 17.7 Å². The molecule has 1 fully saturated rings. The maximum absolute atomic E-state index is 12.9. The number of alkyl halides is 3. The Bertz CT molecular complexity index is 1020. The van der Waals surface area contributed by atoms with Crippen molar-refractivity contribution in [2.45, 2.75) is 19.3 Å². The number of carbonyl (C=O) groups is 1. The Hall–Kier alpha value is -3.26. The highest BCUT2D eigenvalue weighted by molar-refractivity contribution is 5.93. The molecule has 2 aromatic carbocycles. The van der Waals surface area contributed by atoms with E-state index in [-0.39, 0.29) is 18.3 Å². The van der Waals surface area contributed by atoms with Crippen LogP contribution in [0.5, 0.6) is 5.75 Å². The maximum atomic E-state index is 12.9. The fourth-order valence-electron chi connectivity index (χ4n) is 3.62. The van der Waals surface area contributed by atoms with Gasteiger partial charge < -0.3 is 14.1 Å². The molecule has 0 saturated carbocycles. The maximum Gasteiger partial charge on any atom is 0.416 e. The Morgan fingerprint density at radius 1 is 0.938 bits per heavy atom. The van der Waals surface area contributed by atoms with Crippen molar-refractivity contribution >= 4 is 5.91 Å². The summed E-state index contributed by atoms with van der Waals surface area (Å²) in [6.07, 6.45) is -2.85. The number of benzene rings is 2. The second kappa shape index (κ2) is 9.48. The van der Waals surface area contributed by atoms with Crippen LogP contribution in [0.1, 0.15) is 27.2 Å². The van der Waals surface area contributed by atoms with Crippen molar-refractivity contribution in [3.63, 3.8) is 0 Å². The average molecular weight is 444 g/mol. The lowest BCUT2D eigenvalue weighted by atomic mass is 10.1. The summed E-state index contributed by atoms with van der Waals surface area (Å²) in [6.45, 7) is 3.05. The van der Waals surface area contributed by atoms with Gasteiger partial charge in [-0.2, -0.15) is 13.2 Å². The minimum Gasteiger partial charge on any atom is -0.489 e. The molecule has 2 heterocycles. The van der Waals surface area contributed by atoms with E-state index >= 15 is 0 Å². The largest absolute Gasteiger partial charge is 0.489 e. The zero-order chi connectivity index (χ0) is 22.6. The van der Waals surface area contributed by atoms with Gasteiger partial charge in [-0.25, -0.2) is 0 Å². The van der Waals surface area contributed by atoms with Crippen molar-refractivity contribution in [2.75, 3.05) is 26.2 Å². The summed E-state index contributed by atoms with van der Waals surface area (Å²) in [5.41, 5.74) is 0.845. The summed E-state index contributed by atoms with van der Waals surface area (Å²) in [7, 11) is 0. The predicted octanol–water partition coefficient (Wildman–Crippen LogP) is 4.84. The first kappa shape index (κ1) is 22.0. The number of rotatable bonds is 6. The molecule has 0 unspecified atom stereocenters. The quantitative estimate of drug-likeness (QED) is 0.546. The van der Waals surface area contributed by atoms with E-state index in [1.165, 1.54) is 18.4 Å². The second-order valence-corrected chi connectivity index (χ2v) is 7.64. The lowest BCUT2D eigenvalue weighted by molar-refractivity contribution is -0.137. The third-order valence-electron chi connectivity index (χ3n) is 5.43. The van der Waals surface area contributed by atoms with Gasteiger partial charge >= 0.3 is 6.18 Å². The van der Waals surface area contributed by atoms with Crippen LogP contribution in [0.15, 0.2) is 71.3 Å². The number of amides is 1. The van der Waals surface area contributed by atoms with E-state index < -0.39 is 11.7 Å². The van der Waals surface area contributed by atoms with E-state index in [9.17, 15) is 18.0 Å². The molecule has 3 aromatic rings. The van der Waals surface area contributed by atoms with E-state index in [0.29, 0.717) is 44.0 Å². The number of nitrogens with zero attached hydrogens (tertiary/aromatic N) is 2. The number of hydrogen-bond donors (Lipinski definition) is 0. The lowest BCUT2D eigenvalue weighted by Crippen LogP contribution is -2.48. The number of carbonyl (C=O) groups excluding carboxylic acids is 1. The van der Waals surface area contributed by atoms with Gasteiger partial charge in [0, 0.05) is 38.3 Å². The van der Waals surface area contributed by atoms with Gasteiger partial charge in [-0.05, 0) is 35.9 Å². The van der Waals surface area contributed by atoms with Gasteiger partial charge in [-0.15, -0.1) is 0 Å². The normalized spacial score (nSPS) is 15.0. The molecule has 32 heavy (non-hydrogen) atoms.